The van der Waals surface area contributed by atoms with E-state index in [0.29, 0.717) is 25.9 Å². The van der Waals surface area contributed by atoms with E-state index in [4.69, 9.17) is 10.5 Å². The molecule has 2 rings (SSSR count). The third-order valence-corrected chi connectivity index (χ3v) is 5.23. The maximum Gasteiger partial charge on any atom is 0.227 e. The maximum absolute atomic E-state index is 13.2. The summed E-state index contributed by atoms with van der Waals surface area (Å²) in [7, 11) is 5.22. The molecule has 1 aromatic carbocycles. The molecule has 0 saturated carbocycles. The number of ether oxygens (including phenoxy) is 1. The van der Waals surface area contributed by atoms with E-state index in [1.165, 1.54) is 0 Å². The second-order valence-electron chi connectivity index (χ2n) is 7.93. The van der Waals surface area contributed by atoms with Crippen molar-refractivity contribution in [2.45, 2.75) is 32.7 Å². The summed E-state index contributed by atoms with van der Waals surface area (Å²) < 4.78 is 5.22. The number of nitrogens with zero attached hydrogens (tertiary/aromatic N) is 2. The van der Waals surface area contributed by atoms with Gasteiger partial charge in [-0.15, -0.1) is 12.4 Å². The van der Waals surface area contributed by atoms with E-state index < -0.39 is 0 Å². The third-order valence-electron chi connectivity index (χ3n) is 5.23. The molecular formula is C20H32ClN3O3. The Morgan fingerprint density at radius 3 is 2.44 bits per heavy atom. The predicted octanol–water partition coefficient (Wildman–Crippen LogP) is 2.47. The molecule has 0 radical (unpaired) electrons. The summed E-state index contributed by atoms with van der Waals surface area (Å²) in [6, 6.07) is 7.33. The number of piperidine rings is 1. The fraction of sp³-hybridized carbons (Fsp3) is 0.600. The van der Waals surface area contributed by atoms with E-state index in [0.717, 1.165) is 11.3 Å². The molecule has 6 nitrogen and oxygen atoms in total. The molecule has 0 aromatic heterocycles. The second kappa shape index (κ2) is 9.42. The highest BCUT2D eigenvalue weighted by atomic mass is 35.5. The van der Waals surface area contributed by atoms with E-state index >= 15 is 0 Å². The Labute approximate surface area is 168 Å². The van der Waals surface area contributed by atoms with Crippen LogP contribution in [0.4, 0.5) is 0 Å². The van der Waals surface area contributed by atoms with Crippen LogP contribution in [0.3, 0.4) is 0 Å². The summed E-state index contributed by atoms with van der Waals surface area (Å²) in [5.74, 6) is 0.624. The van der Waals surface area contributed by atoms with Crippen molar-refractivity contribution in [2.24, 2.45) is 17.1 Å². The van der Waals surface area contributed by atoms with E-state index in [9.17, 15) is 9.59 Å². The minimum atomic E-state index is -0.266. The zero-order chi connectivity index (χ0) is 19.5. The standard InChI is InChI=1S/C20H31N3O3.ClH/c1-20(2,12-21)13-22(3)19(25)16-10-11-17(24)23(4)18(16)14-6-8-15(26-5)9-7-14;/h6-9,16,18H,10-13,21H2,1-5H3;1H. The Morgan fingerprint density at radius 1 is 1.33 bits per heavy atom. The lowest BCUT2D eigenvalue weighted by Crippen LogP contribution is -2.49. The fourth-order valence-electron chi connectivity index (χ4n) is 3.62. The molecule has 7 heteroatoms. The van der Waals surface area contributed by atoms with Crippen LogP contribution in [-0.2, 0) is 9.59 Å². The lowest BCUT2D eigenvalue weighted by Gasteiger charge is -2.41. The molecule has 27 heavy (non-hydrogen) atoms. The van der Waals surface area contributed by atoms with Gasteiger partial charge in [0, 0.05) is 27.1 Å². The van der Waals surface area contributed by atoms with Crippen LogP contribution in [0.5, 0.6) is 5.75 Å². The number of halogens is 1. The molecule has 1 saturated heterocycles. The van der Waals surface area contributed by atoms with Crippen molar-refractivity contribution >= 4 is 24.2 Å². The van der Waals surface area contributed by atoms with Gasteiger partial charge in [0.25, 0.3) is 0 Å². The number of carbonyl (C=O) groups is 2. The molecule has 152 valence electrons. The molecule has 1 aliphatic heterocycles. The highest BCUT2D eigenvalue weighted by Gasteiger charge is 2.40. The van der Waals surface area contributed by atoms with Crippen LogP contribution in [0, 0.1) is 11.3 Å². The minimum absolute atomic E-state index is 0. The van der Waals surface area contributed by atoms with Gasteiger partial charge in [0.2, 0.25) is 11.8 Å². The number of hydrogen-bond donors (Lipinski definition) is 1. The first-order chi connectivity index (χ1) is 12.2. The summed E-state index contributed by atoms with van der Waals surface area (Å²) in [5, 5.41) is 0. The first-order valence-electron chi connectivity index (χ1n) is 9.05. The molecule has 1 aromatic rings. The van der Waals surface area contributed by atoms with Crippen LogP contribution in [0.1, 0.15) is 38.3 Å². The number of hydrogen-bond acceptors (Lipinski definition) is 4. The van der Waals surface area contributed by atoms with Crippen molar-refractivity contribution in [3.05, 3.63) is 29.8 Å². The quantitative estimate of drug-likeness (QED) is 0.800. The minimum Gasteiger partial charge on any atom is -0.497 e. The molecule has 2 N–H and O–H groups in total. The van der Waals surface area contributed by atoms with Gasteiger partial charge in [0.05, 0.1) is 19.1 Å². The number of nitrogens with two attached hydrogens (primary N) is 1. The van der Waals surface area contributed by atoms with Crippen molar-refractivity contribution in [3.8, 4) is 5.75 Å². The Kier molecular flexibility index (Phi) is 8.11. The van der Waals surface area contributed by atoms with Gasteiger partial charge >= 0.3 is 0 Å². The number of benzene rings is 1. The van der Waals surface area contributed by atoms with Crippen LogP contribution in [0.25, 0.3) is 0 Å². The number of methoxy groups -OCH3 is 1. The number of rotatable bonds is 6. The van der Waals surface area contributed by atoms with Gasteiger partial charge in [0.1, 0.15) is 5.75 Å². The van der Waals surface area contributed by atoms with Gasteiger partial charge in [-0.2, -0.15) is 0 Å². The van der Waals surface area contributed by atoms with E-state index in [1.807, 2.05) is 45.2 Å². The molecule has 0 bridgehead atoms. The largest absolute Gasteiger partial charge is 0.497 e. The van der Waals surface area contributed by atoms with Crippen LogP contribution < -0.4 is 10.5 Å². The second-order valence-corrected chi connectivity index (χ2v) is 7.93. The molecular weight excluding hydrogens is 366 g/mol. The first-order valence-corrected chi connectivity index (χ1v) is 9.05. The summed E-state index contributed by atoms with van der Waals surface area (Å²) in [6.45, 7) is 5.20. The predicted molar refractivity (Wildman–Crippen MR) is 109 cm³/mol. The highest BCUT2D eigenvalue weighted by molar-refractivity contribution is 5.85. The van der Waals surface area contributed by atoms with Crippen LogP contribution in [0.15, 0.2) is 24.3 Å². The van der Waals surface area contributed by atoms with Gasteiger partial charge in [-0.25, -0.2) is 0 Å². The SMILES string of the molecule is COc1ccc(C2C(C(=O)N(C)CC(C)(C)CN)CCC(=O)N2C)cc1.Cl. The topological polar surface area (TPSA) is 75.9 Å². The zero-order valence-electron chi connectivity index (χ0n) is 16.9. The lowest BCUT2D eigenvalue weighted by atomic mass is 9.83. The van der Waals surface area contributed by atoms with Crippen molar-refractivity contribution in [1.82, 2.24) is 9.80 Å². The normalized spacial score (nSPS) is 20.1. The van der Waals surface area contributed by atoms with E-state index in [2.05, 4.69) is 0 Å². The average Bonchev–Trinajstić information content (AvgIpc) is 2.63. The summed E-state index contributed by atoms with van der Waals surface area (Å²) >= 11 is 0. The van der Waals surface area contributed by atoms with Crippen molar-refractivity contribution < 1.29 is 14.3 Å². The van der Waals surface area contributed by atoms with Crippen LogP contribution in [0.2, 0.25) is 0 Å². The first kappa shape index (κ1) is 23.2. The lowest BCUT2D eigenvalue weighted by molar-refractivity contribution is -0.146. The number of likely N-dealkylation sites (tertiary alicyclic amines) is 1. The average molecular weight is 398 g/mol. The maximum atomic E-state index is 13.2. The van der Waals surface area contributed by atoms with Crippen molar-refractivity contribution in [1.29, 1.82) is 0 Å². The molecule has 0 aliphatic carbocycles. The van der Waals surface area contributed by atoms with Crippen LogP contribution >= 0.6 is 12.4 Å². The van der Waals surface area contributed by atoms with Crippen molar-refractivity contribution in [2.75, 3.05) is 34.3 Å². The molecule has 2 atom stereocenters. The van der Waals surface area contributed by atoms with E-state index in [1.54, 1.807) is 24.0 Å². The molecule has 1 fully saturated rings. The summed E-state index contributed by atoms with van der Waals surface area (Å²) in [5.41, 5.74) is 6.62. The van der Waals surface area contributed by atoms with Gasteiger partial charge in [-0.1, -0.05) is 26.0 Å². The Hall–Kier alpha value is -1.79. The molecule has 1 heterocycles. The zero-order valence-corrected chi connectivity index (χ0v) is 17.7. The van der Waals surface area contributed by atoms with Gasteiger partial charge in [-0.05, 0) is 36.1 Å². The molecule has 2 unspecified atom stereocenters. The monoisotopic (exact) mass is 397 g/mol. The number of carbonyl (C=O) groups excluding carboxylic acids is 2. The van der Waals surface area contributed by atoms with Crippen molar-refractivity contribution in [3.63, 3.8) is 0 Å². The van der Waals surface area contributed by atoms with Gasteiger partial charge in [-0.3, -0.25) is 9.59 Å². The van der Waals surface area contributed by atoms with Crippen LogP contribution in [-0.4, -0.2) is 55.9 Å². The van der Waals surface area contributed by atoms with Gasteiger partial charge in [0.15, 0.2) is 0 Å². The number of amides is 2. The molecule has 1 aliphatic rings. The van der Waals surface area contributed by atoms with Gasteiger partial charge < -0.3 is 20.3 Å². The Morgan fingerprint density at radius 2 is 1.93 bits per heavy atom. The Balaban J connectivity index is 0.00000364. The van der Waals surface area contributed by atoms with E-state index in [-0.39, 0.29) is 41.6 Å². The summed E-state index contributed by atoms with van der Waals surface area (Å²) in [6.07, 6.45) is 0.958. The fourth-order valence-corrected chi connectivity index (χ4v) is 3.62. The third kappa shape index (κ3) is 5.36. The summed E-state index contributed by atoms with van der Waals surface area (Å²) in [4.78, 5) is 28.9. The highest BCUT2D eigenvalue weighted by Crippen LogP contribution is 2.37. The smallest absolute Gasteiger partial charge is 0.227 e. The molecule has 0 spiro atoms. The Bertz CT molecular complexity index is 648. The molecule has 2 amide bonds.